The number of carbonyl (C=O) groups excluding carboxylic acids is 2. The first-order valence-corrected chi connectivity index (χ1v) is 12.7. The monoisotopic (exact) mass is 514 g/mol. The molecule has 2 amide bonds. The van der Waals surface area contributed by atoms with E-state index in [2.05, 4.69) is 22.7 Å². The van der Waals surface area contributed by atoms with Crippen LogP contribution in [0.15, 0.2) is 72.8 Å². The van der Waals surface area contributed by atoms with Crippen LogP contribution in [0.4, 0.5) is 10.5 Å². The van der Waals surface area contributed by atoms with Crippen LogP contribution in [0, 0.1) is 0 Å². The lowest BCUT2D eigenvalue weighted by atomic mass is 10.1. The summed E-state index contributed by atoms with van der Waals surface area (Å²) in [7, 11) is 0. The summed E-state index contributed by atoms with van der Waals surface area (Å²) in [5, 5.41) is 21.5. The third-order valence-electron chi connectivity index (χ3n) is 6.47. The number of halogens is 1. The van der Waals surface area contributed by atoms with Gasteiger partial charge in [-0.05, 0) is 72.9 Å². The SMILES string of the molecule is CCc1ccc(C(=O)Nc2ccc(O)c(-c3cc(C4CC4)n(C(=O)NCc4ccccc4Cl)n3)c2)cc1. The normalized spacial score (nSPS) is 12.8. The molecule has 0 saturated heterocycles. The fraction of sp³-hybridized carbons (Fsp3) is 0.207. The fourth-order valence-electron chi connectivity index (χ4n) is 4.16. The summed E-state index contributed by atoms with van der Waals surface area (Å²) < 4.78 is 1.36. The molecule has 1 aromatic heterocycles. The molecule has 1 saturated carbocycles. The van der Waals surface area contributed by atoms with Gasteiger partial charge in [0, 0.05) is 34.3 Å². The van der Waals surface area contributed by atoms with Crippen molar-refractivity contribution in [3.05, 3.63) is 100 Å². The molecule has 1 aliphatic rings. The van der Waals surface area contributed by atoms with Crippen LogP contribution in [0.5, 0.6) is 5.75 Å². The van der Waals surface area contributed by atoms with Gasteiger partial charge < -0.3 is 15.7 Å². The lowest BCUT2D eigenvalue weighted by Gasteiger charge is -2.09. The Morgan fingerprint density at radius 3 is 2.51 bits per heavy atom. The second-order valence-corrected chi connectivity index (χ2v) is 9.53. The van der Waals surface area contributed by atoms with Crippen LogP contribution < -0.4 is 10.6 Å². The van der Waals surface area contributed by atoms with Gasteiger partial charge in [0.1, 0.15) is 5.75 Å². The molecule has 1 aliphatic carbocycles. The minimum Gasteiger partial charge on any atom is -0.507 e. The highest BCUT2D eigenvalue weighted by Crippen LogP contribution is 2.42. The summed E-state index contributed by atoms with van der Waals surface area (Å²) in [5.74, 6) is -0.000327. The van der Waals surface area contributed by atoms with Crippen molar-refractivity contribution in [3.63, 3.8) is 0 Å². The summed E-state index contributed by atoms with van der Waals surface area (Å²) in [6, 6.07) is 21.1. The molecule has 0 bridgehead atoms. The number of nitrogens with zero attached hydrogens (tertiary/aromatic N) is 2. The van der Waals surface area contributed by atoms with Crippen LogP contribution in [0.25, 0.3) is 11.3 Å². The first-order valence-electron chi connectivity index (χ1n) is 12.3. The van der Waals surface area contributed by atoms with E-state index in [1.54, 1.807) is 30.3 Å². The Morgan fingerprint density at radius 2 is 1.81 bits per heavy atom. The third-order valence-corrected chi connectivity index (χ3v) is 6.84. The van der Waals surface area contributed by atoms with E-state index >= 15 is 0 Å². The largest absolute Gasteiger partial charge is 0.507 e. The zero-order chi connectivity index (χ0) is 25.9. The molecular formula is C29H27ClN4O3. The minimum absolute atomic E-state index is 0.00812. The van der Waals surface area contributed by atoms with Gasteiger partial charge in [-0.1, -0.05) is 48.9 Å². The Hall–Kier alpha value is -4.10. The van der Waals surface area contributed by atoms with Gasteiger partial charge in [0.05, 0.1) is 11.4 Å². The lowest BCUT2D eigenvalue weighted by molar-refractivity contribution is 0.102. The predicted octanol–water partition coefficient (Wildman–Crippen LogP) is 6.36. The third kappa shape index (κ3) is 5.52. The summed E-state index contributed by atoms with van der Waals surface area (Å²) in [6.07, 6.45) is 2.85. The number of nitrogens with one attached hydrogen (secondary N) is 2. The number of phenols is 1. The molecular weight excluding hydrogens is 488 g/mol. The van der Waals surface area contributed by atoms with E-state index in [-0.39, 0.29) is 30.2 Å². The molecule has 0 atom stereocenters. The smallest absolute Gasteiger partial charge is 0.342 e. The number of hydrogen-bond donors (Lipinski definition) is 3. The quantitative estimate of drug-likeness (QED) is 0.250. The fourth-order valence-corrected chi connectivity index (χ4v) is 4.36. The number of anilines is 1. The zero-order valence-electron chi connectivity index (χ0n) is 20.4. The van der Waals surface area contributed by atoms with Gasteiger partial charge in [0.2, 0.25) is 0 Å². The number of aromatic hydroxyl groups is 1. The van der Waals surface area contributed by atoms with E-state index in [4.69, 9.17) is 11.6 Å². The van der Waals surface area contributed by atoms with E-state index in [1.807, 2.05) is 36.4 Å². The first-order chi connectivity index (χ1) is 17.9. The van der Waals surface area contributed by atoms with Gasteiger partial charge in [-0.25, -0.2) is 4.79 Å². The van der Waals surface area contributed by atoms with Crippen molar-refractivity contribution < 1.29 is 14.7 Å². The average Bonchev–Trinajstić information content (AvgIpc) is 3.67. The van der Waals surface area contributed by atoms with E-state index in [0.29, 0.717) is 27.5 Å². The number of rotatable bonds is 7. The van der Waals surface area contributed by atoms with Gasteiger partial charge in [-0.2, -0.15) is 9.78 Å². The summed E-state index contributed by atoms with van der Waals surface area (Å²) in [5.41, 5.74) is 4.70. The lowest BCUT2D eigenvalue weighted by Crippen LogP contribution is -2.30. The average molecular weight is 515 g/mol. The van der Waals surface area contributed by atoms with Gasteiger partial charge in [0.15, 0.2) is 0 Å². The Bertz CT molecular complexity index is 1460. The highest BCUT2D eigenvalue weighted by Gasteiger charge is 2.31. The van der Waals surface area contributed by atoms with Gasteiger partial charge >= 0.3 is 6.03 Å². The maximum Gasteiger partial charge on any atom is 0.342 e. The van der Waals surface area contributed by atoms with Crippen LogP contribution in [-0.4, -0.2) is 26.8 Å². The zero-order valence-corrected chi connectivity index (χ0v) is 21.1. The summed E-state index contributed by atoms with van der Waals surface area (Å²) >= 11 is 6.22. The highest BCUT2D eigenvalue weighted by atomic mass is 35.5. The second kappa shape index (κ2) is 10.5. The standard InChI is InChI=1S/C29H27ClN4O3/c1-2-18-7-9-20(10-8-18)28(36)32-22-13-14-27(35)23(15-22)25-16-26(19-11-12-19)34(33-25)29(37)31-17-21-5-3-4-6-24(21)30/h3-10,13-16,19,35H,2,11-12,17H2,1H3,(H,31,37)(H,32,36). The molecule has 8 heteroatoms. The summed E-state index contributed by atoms with van der Waals surface area (Å²) in [4.78, 5) is 25.8. The predicted molar refractivity (Wildman–Crippen MR) is 144 cm³/mol. The van der Waals surface area contributed by atoms with Crippen LogP contribution in [-0.2, 0) is 13.0 Å². The number of carbonyl (C=O) groups is 2. The van der Waals surface area contributed by atoms with Gasteiger partial charge in [0.25, 0.3) is 5.91 Å². The molecule has 7 nitrogen and oxygen atoms in total. The maximum absolute atomic E-state index is 13.1. The molecule has 0 spiro atoms. The molecule has 4 aromatic rings. The Balaban J connectivity index is 1.37. The van der Waals surface area contributed by atoms with E-state index in [9.17, 15) is 14.7 Å². The van der Waals surface area contributed by atoms with Crippen molar-refractivity contribution >= 4 is 29.2 Å². The number of phenolic OH excluding ortho intramolecular Hbond substituents is 1. The number of amides is 2. The summed E-state index contributed by atoms with van der Waals surface area (Å²) in [6.45, 7) is 2.33. The second-order valence-electron chi connectivity index (χ2n) is 9.13. The molecule has 0 unspecified atom stereocenters. The number of benzene rings is 3. The molecule has 0 radical (unpaired) electrons. The van der Waals surface area contributed by atoms with Crippen molar-refractivity contribution in [3.8, 4) is 17.0 Å². The minimum atomic E-state index is -0.368. The van der Waals surface area contributed by atoms with Crippen molar-refractivity contribution in [2.75, 3.05) is 5.32 Å². The molecule has 188 valence electrons. The molecule has 37 heavy (non-hydrogen) atoms. The first kappa shape index (κ1) is 24.6. The molecule has 1 fully saturated rings. The van der Waals surface area contributed by atoms with Crippen molar-refractivity contribution in [2.45, 2.75) is 38.6 Å². The molecule has 3 aromatic carbocycles. The highest BCUT2D eigenvalue weighted by molar-refractivity contribution is 6.31. The van der Waals surface area contributed by atoms with E-state index in [0.717, 1.165) is 36.1 Å². The Labute approximate surface area is 220 Å². The van der Waals surface area contributed by atoms with Crippen molar-refractivity contribution in [1.82, 2.24) is 15.1 Å². The molecule has 0 aliphatic heterocycles. The van der Waals surface area contributed by atoms with Crippen LogP contribution >= 0.6 is 11.6 Å². The topological polar surface area (TPSA) is 96.2 Å². The van der Waals surface area contributed by atoms with Crippen LogP contribution in [0.1, 0.15) is 52.9 Å². The van der Waals surface area contributed by atoms with E-state index in [1.165, 1.54) is 10.7 Å². The number of aromatic nitrogens is 2. The van der Waals surface area contributed by atoms with Gasteiger partial charge in [-0.3, -0.25) is 4.79 Å². The number of hydrogen-bond acceptors (Lipinski definition) is 4. The van der Waals surface area contributed by atoms with Crippen LogP contribution in [0.2, 0.25) is 5.02 Å². The molecule has 5 rings (SSSR count). The van der Waals surface area contributed by atoms with Crippen molar-refractivity contribution in [2.24, 2.45) is 0 Å². The van der Waals surface area contributed by atoms with Gasteiger partial charge in [-0.15, -0.1) is 0 Å². The van der Waals surface area contributed by atoms with Crippen LogP contribution in [0.3, 0.4) is 0 Å². The number of aryl methyl sites for hydroxylation is 1. The Kier molecular flexibility index (Phi) is 6.97. The maximum atomic E-state index is 13.1. The van der Waals surface area contributed by atoms with Crippen molar-refractivity contribution in [1.29, 1.82) is 0 Å². The Morgan fingerprint density at radius 1 is 1.05 bits per heavy atom. The molecule has 1 heterocycles. The molecule has 3 N–H and O–H groups in total. The van der Waals surface area contributed by atoms with E-state index < -0.39 is 0 Å².